The molecule has 3 heteroatoms. The molecule has 74 valence electrons. The van der Waals surface area contributed by atoms with Crippen LogP contribution in [0.5, 0.6) is 0 Å². The maximum atomic E-state index is 10.9. The van der Waals surface area contributed by atoms with Gasteiger partial charge in [-0.15, -0.1) is 0 Å². The van der Waals surface area contributed by atoms with Crippen LogP contribution in [-0.2, 0) is 17.9 Å². The van der Waals surface area contributed by atoms with E-state index < -0.39 is 0 Å². The normalized spacial score (nSPS) is 20.9. The van der Waals surface area contributed by atoms with Crippen LogP contribution in [0.3, 0.4) is 0 Å². The van der Waals surface area contributed by atoms with Crippen molar-refractivity contribution < 1.29 is 4.79 Å². The van der Waals surface area contributed by atoms with E-state index in [9.17, 15) is 4.79 Å². The molecule has 0 saturated carbocycles. The number of nitrogens with two attached hydrogens (primary N) is 1. The number of nitrogens with zero attached hydrogens (tertiary/aromatic N) is 1. The molecule has 3 nitrogen and oxygen atoms in total. The van der Waals surface area contributed by atoms with Gasteiger partial charge < -0.3 is 10.5 Å². The van der Waals surface area contributed by atoms with Gasteiger partial charge in [0.15, 0.2) is 0 Å². The summed E-state index contributed by atoms with van der Waals surface area (Å²) in [5.74, 6) is 0. The zero-order valence-electron chi connectivity index (χ0n) is 8.23. The Hall–Kier alpha value is -1.19. The van der Waals surface area contributed by atoms with Gasteiger partial charge in [0, 0.05) is 13.1 Å². The standard InChI is InChI=1S/C11H14N2O/c1-13-6-9-4-8(5-12)2-3-10(9)11(13)7-14/h2-4,7,11H,5-6,12H2,1H3. The van der Waals surface area contributed by atoms with Gasteiger partial charge in [-0.1, -0.05) is 18.2 Å². The Morgan fingerprint density at radius 2 is 2.43 bits per heavy atom. The lowest BCUT2D eigenvalue weighted by Gasteiger charge is -2.12. The summed E-state index contributed by atoms with van der Waals surface area (Å²) in [6, 6.07) is 6.03. The highest BCUT2D eigenvalue weighted by Crippen LogP contribution is 2.31. The van der Waals surface area contributed by atoms with Crippen LogP contribution in [0.25, 0.3) is 0 Å². The van der Waals surface area contributed by atoms with Crippen molar-refractivity contribution in [1.82, 2.24) is 4.90 Å². The lowest BCUT2D eigenvalue weighted by molar-refractivity contribution is -0.111. The van der Waals surface area contributed by atoms with Crippen LogP contribution >= 0.6 is 0 Å². The van der Waals surface area contributed by atoms with E-state index in [0.29, 0.717) is 6.54 Å². The molecule has 1 unspecified atom stereocenters. The molecule has 2 rings (SSSR count). The second-order valence-corrected chi connectivity index (χ2v) is 3.73. The lowest BCUT2D eigenvalue weighted by atomic mass is 10.0. The van der Waals surface area contributed by atoms with Crippen LogP contribution in [0.2, 0.25) is 0 Å². The van der Waals surface area contributed by atoms with Gasteiger partial charge in [-0.3, -0.25) is 4.90 Å². The van der Waals surface area contributed by atoms with Gasteiger partial charge in [-0.25, -0.2) is 0 Å². The van der Waals surface area contributed by atoms with Crippen LogP contribution in [0.1, 0.15) is 22.7 Å². The third-order valence-corrected chi connectivity index (χ3v) is 2.79. The summed E-state index contributed by atoms with van der Waals surface area (Å²) < 4.78 is 0. The maximum absolute atomic E-state index is 10.9. The Balaban J connectivity index is 2.42. The molecule has 2 N–H and O–H groups in total. The Labute approximate surface area is 83.5 Å². The van der Waals surface area contributed by atoms with Crippen molar-refractivity contribution >= 4 is 6.29 Å². The second kappa shape index (κ2) is 3.52. The Bertz CT molecular complexity index is 362. The fraction of sp³-hybridized carbons (Fsp3) is 0.364. The van der Waals surface area contributed by atoms with E-state index in [-0.39, 0.29) is 6.04 Å². The summed E-state index contributed by atoms with van der Waals surface area (Å²) in [6.45, 7) is 1.40. The quantitative estimate of drug-likeness (QED) is 0.703. The van der Waals surface area contributed by atoms with E-state index in [1.807, 2.05) is 24.1 Å². The molecule has 0 aromatic heterocycles. The summed E-state index contributed by atoms with van der Waals surface area (Å²) in [4.78, 5) is 12.9. The predicted octanol–water partition coefficient (Wildman–Crippen LogP) is 0.831. The van der Waals surface area contributed by atoms with Gasteiger partial charge in [-0.05, 0) is 23.7 Å². The zero-order valence-corrected chi connectivity index (χ0v) is 8.23. The number of hydrogen-bond acceptors (Lipinski definition) is 3. The van der Waals surface area contributed by atoms with E-state index in [0.717, 1.165) is 24.0 Å². The number of carbonyl (C=O) groups is 1. The molecule has 0 aliphatic carbocycles. The third-order valence-electron chi connectivity index (χ3n) is 2.79. The first-order valence-corrected chi connectivity index (χ1v) is 4.73. The van der Waals surface area contributed by atoms with Crippen molar-refractivity contribution in [2.45, 2.75) is 19.1 Å². The van der Waals surface area contributed by atoms with Crippen LogP contribution in [-0.4, -0.2) is 18.2 Å². The van der Waals surface area contributed by atoms with Gasteiger partial charge in [-0.2, -0.15) is 0 Å². The number of hydrogen-bond donors (Lipinski definition) is 1. The van der Waals surface area contributed by atoms with E-state index in [1.54, 1.807) is 0 Å². The molecule has 0 saturated heterocycles. The number of likely N-dealkylation sites (N-methyl/N-ethyl adjacent to an activating group) is 1. The number of aldehydes is 1. The van der Waals surface area contributed by atoms with Gasteiger partial charge in [0.1, 0.15) is 6.29 Å². The largest absolute Gasteiger partial charge is 0.326 e. The van der Waals surface area contributed by atoms with Gasteiger partial charge in [0.25, 0.3) is 0 Å². The zero-order chi connectivity index (χ0) is 10.1. The molecule has 1 atom stereocenters. The van der Waals surface area contributed by atoms with Crippen molar-refractivity contribution in [2.24, 2.45) is 5.73 Å². The topological polar surface area (TPSA) is 46.3 Å². The minimum Gasteiger partial charge on any atom is -0.326 e. The van der Waals surface area contributed by atoms with Gasteiger partial charge in [0.05, 0.1) is 6.04 Å². The van der Waals surface area contributed by atoms with Crippen LogP contribution in [0, 0.1) is 0 Å². The van der Waals surface area contributed by atoms with Crippen molar-refractivity contribution in [3.05, 3.63) is 34.9 Å². The number of fused-ring (bicyclic) bond motifs is 1. The smallest absolute Gasteiger partial charge is 0.141 e. The van der Waals surface area contributed by atoms with Crippen molar-refractivity contribution in [3.8, 4) is 0 Å². The third kappa shape index (κ3) is 1.35. The molecule has 0 spiro atoms. The molecule has 0 amide bonds. The summed E-state index contributed by atoms with van der Waals surface area (Å²) in [5, 5.41) is 0. The molecular formula is C11H14N2O. The fourth-order valence-corrected chi connectivity index (χ4v) is 1.99. The highest BCUT2D eigenvalue weighted by Gasteiger charge is 2.26. The summed E-state index contributed by atoms with van der Waals surface area (Å²) in [7, 11) is 1.96. The van der Waals surface area contributed by atoms with Crippen molar-refractivity contribution in [1.29, 1.82) is 0 Å². The summed E-state index contributed by atoms with van der Waals surface area (Å²) in [6.07, 6.45) is 0.994. The Morgan fingerprint density at radius 1 is 1.64 bits per heavy atom. The monoisotopic (exact) mass is 190 g/mol. The Morgan fingerprint density at radius 3 is 3.07 bits per heavy atom. The second-order valence-electron chi connectivity index (χ2n) is 3.73. The first-order chi connectivity index (χ1) is 6.76. The molecule has 1 aromatic carbocycles. The fourth-order valence-electron chi connectivity index (χ4n) is 1.99. The highest BCUT2D eigenvalue weighted by atomic mass is 16.1. The van der Waals surface area contributed by atoms with Crippen molar-refractivity contribution in [2.75, 3.05) is 7.05 Å². The number of carbonyl (C=O) groups excluding carboxylic acids is 1. The van der Waals surface area contributed by atoms with Gasteiger partial charge in [0.2, 0.25) is 0 Å². The van der Waals surface area contributed by atoms with E-state index in [2.05, 4.69) is 6.07 Å². The molecule has 0 fully saturated rings. The lowest BCUT2D eigenvalue weighted by Crippen LogP contribution is -2.17. The molecule has 1 aliphatic heterocycles. The molecular weight excluding hydrogens is 176 g/mol. The van der Waals surface area contributed by atoms with Crippen LogP contribution in [0.15, 0.2) is 18.2 Å². The average molecular weight is 190 g/mol. The highest BCUT2D eigenvalue weighted by molar-refractivity contribution is 5.64. The first-order valence-electron chi connectivity index (χ1n) is 4.73. The van der Waals surface area contributed by atoms with E-state index in [1.165, 1.54) is 5.56 Å². The molecule has 0 radical (unpaired) electrons. The van der Waals surface area contributed by atoms with Crippen LogP contribution < -0.4 is 5.73 Å². The molecule has 0 bridgehead atoms. The number of benzene rings is 1. The summed E-state index contributed by atoms with van der Waals surface area (Å²) in [5.41, 5.74) is 9.04. The SMILES string of the molecule is CN1Cc2cc(CN)ccc2C1C=O. The number of rotatable bonds is 2. The van der Waals surface area contributed by atoms with E-state index in [4.69, 9.17) is 5.73 Å². The maximum Gasteiger partial charge on any atom is 0.141 e. The summed E-state index contributed by atoms with van der Waals surface area (Å²) >= 11 is 0. The van der Waals surface area contributed by atoms with Crippen LogP contribution in [0.4, 0.5) is 0 Å². The molecule has 1 heterocycles. The first kappa shape index (κ1) is 9.37. The molecule has 14 heavy (non-hydrogen) atoms. The van der Waals surface area contributed by atoms with Crippen molar-refractivity contribution in [3.63, 3.8) is 0 Å². The van der Waals surface area contributed by atoms with E-state index >= 15 is 0 Å². The molecule has 1 aliphatic rings. The minimum absolute atomic E-state index is 0.0724. The average Bonchev–Trinajstić information content (AvgIpc) is 2.51. The molecule has 1 aromatic rings. The van der Waals surface area contributed by atoms with Gasteiger partial charge >= 0.3 is 0 Å². The Kier molecular flexibility index (Phi) is 2.35. The minimum atomic E-state index is -0.0724. The predicted molar refractivity (Wildman–Crippen MR) is 54.6 cm³/mol.